The fraction of sp³-hybridized carbons (Fsp3) is 0.471. The Morgan fingerprint density at radius 1 is 1.25 bits per heavy atom. The van der Waals surface area contributed by atoms with Crippen LogP contribution in [0.15, 0.2) is 30.5 Å². The topological polar surface area (TPSA) is 42.1 Å². The van der Waals surface area contributed by atoms with Crippen molar-refractivity contribution in [3.05, 3.63) is 30.5 Å². The molecular weight excluding hydrogens is 246 g/mol. The van der Waals surface area contributed by atoms with Gasteiger partial charge in [0, 0.05) is 30.4 Å². The van der Waals surface area contributed by atoms with E-state index in [0.717, 1.165) is 29.7 Å². The second-order valence-electron chi connectivity index (χ2n) is 6.22. The normalized spacial score (nSPS) is 18.4. The zero-order valence-corrected chi connectivity index (χ0v) is 12.4. The predicted octanol–water partition coefficient (Wildman–Crippen LogP) is 3.83. The van der Waals surface area contributed by atoms with E-state index in [4.69, 9.17) is 5.73 Å². The van der Waals surface area contributed by atoms with Gasteiger partial charge in [0.05, 0.1) is 11.2 Å². The number of nitrogens with two attached hydrogens (primary N) is 1. The molecule has 0 aliphatic carbocycles. The molecule has 3 rings (SSSR count). The molecule has 1 saturated heterocycles. The van der Waals surface area contributed by atoms with Gasteiger partial charge in [-0.3, -0.25) is 4.98 Å². The Hall–Kier alpha value is -1.77. The fourth-order valence-electron chi connectivity index (χ4n) is 3.08. The van der Waals surface area contributed by atoms with Crippen LogP contribution in [0, 0.1) is 5.41 Å². The van der Waals surface area contributed by atoms with Gasteiger partial charge in [-0.2, -0.15) is 0 Å². The van der Waals surface area contributed by atoms with Crippen LogP contribution >= 0.6 is 0 Å². The van der Waals surface area contributed by atoms with Crippen LogP contribution in [-0.2, 0) is 0 Å². The number of rotatable bonds is 2. The summed E-state index contributed by atoms with van der Waals surface area (Å²) < 4.78 is 0. The van der Waals surface area contributed by atoms with Gasteiger partial charge in [-0.15, -0.1) is 0 Å². The van der Waals surface area contributed by atoms with Crippen molar-refractivity contribution in [2.75, 3.05) is 23.7 Å². The van der Waals surface area contributed by atoms with Gasteiger partial charge in [0.2, 0.25) is 0 Å². The Labute approximate surface area is 120 Å². The Morgan fingerprint density at radius 2 is 2.00 bits per heavy atom. The van der Waals surface area contributed by atoms with Gasteiger partial charge in [-0.05, 0) is 42.5 Å². The van der Waals surface area contributed by atoms with Crippen molar-refractivity contribution in [3.63, 3.8) is 0 Å². The van der Waals surface area contributed by atoms with Crippen molar-refractivity contribution in [2.24, 2.45) is 5.41 Å². The molecule has 0 saturated carbocycles. The van der Waals surface area contributed by atoms with Crippen LogP contribution in [0.1, 0.15) is 33.1 Å². The molecule has 106 valence electrons. The fourth-order valence-corrected chi connectivity index (χ4v) is 3.08. The average molecular weight is 269 g/mol. The highest BCUT2D eigenvalue weighted by molar-refractivity contribution is 5.98. The van der Waals surface area contributed by atoms with Crippen molar-refractivity contribution in [1.82, 2.24) is 4.98 Å². The maximum atomic E-state index is 6.06. The third-order valence-electron chi connectivity index (χ3n) is 4.95. The molecular formula is C17H23N3. The summed E-state index contributed by atoms with van der Waals surface area (Å²) in [5.74, 6) is 0. The van der Waals surface area contributed by atoms with E-state index in [9.17, 15) is 0 Å². The molecule has 0 atom stereocenters. The molecule has 1 aliphatic heterocycles. The Kier molecular flexibility index (Phi) is 3.28. The lowest BCUT2D eigenvalue weighted by Crippen LogP contribution is -2.38. The van der Waals surface area contributed by atoms with E-state index in [-0.39, 0.29) is 0 Å². The highest BCUT2D eigenvalue weighted by Crippen LogP contribution is 2.37. The molecule has 1 aromatic carbocycles. The first-order valence-corrected chi connectivity index (χ1v) is 7.51. The summed E-state index contributed by atoms with van der Waals surface area (Å²) in [6.07, 6.45) is 5.62. The van der Waals surface area contributed by atoms with Crippen LogP contribution in [0.4, 0.5) is 11.4 Å². The summed E-state index contributed by atoms with van der Waals surface area (Å²) in [4.78, 5) is 7.02. The molecule has 3 nitrogen and oxygen atoms in total. The third-order valence-corrected chi connectivity index (χ3v) is 4.95. The SMILES string of the molecule is CCC1(C)CCN(c2ccc(N)c3cccnc23)CC1. The van der Waals surface area contributed by atoms with Gasteiger partial charge in [0.15, 0.2) is 0 Å². The first-order chi connectivity index (χ1) is 9.63. The van der Waals surface area contributed by atoms with E-state index >= 15 is 0 Å². The van der Waals surface area contributed by atoms with E-state index in [1.165, 1.54) is 24.9 Å². The maximum Gasteiger partial charge on any atom is 0.0955 e. The van der Waals surface area contributed by atoms with Gasteiger partial charge in [0.25, 0.3) is 0 Å². The Balaban J connectivity index is 1.94. The summed E-state index contributed by atoms with van der Waals surface area (Å²) in [5.41, 5.74) is 9.64. The van der Waals surface area contributed by atoms with E-state index in [0.29, 0.717) is 5.41 Å². The van der Waals surface area contributed by atoms with Crippen molar-refractivity contribution in [1.29, 1.82) is 0 Å². The summed E-state index contributed by atoms with van der Waals surface area (Å²) in [6.45, 7) is 6.93. The number of pyridine rings is 1. The molecule has 0 bridgehead atoms. The lowest BCUT2D eigenvalue weighted by molar-refractivity contribution is 0.238. The Bertz CT molecular complexity index is 613. The molecule has 0 spiro atoms. The summed E-state index contributed by atoms with van der Waals surface area (Å²) in [6, 6.07) is 8.14. The number of nitrogen functional groups attached to an aromatic ring is 1. The summed E-state index contributed by atoms with van der Waals surface area (Å²) in [5, 5.41) is 1.06. The standard InChI is InChI=1S/C17H23N3/c1-3-17(2)8-11-20(12-9-17)15-7-6-14(18)13-5-4-10-19-16(13)15/h4-7,10H,3,8-9,11-12,18H2,1-2H3. The van der Waals surface area contributed by atoms with Crippen molar-refractivity contribution in [2.45, 2.75) is 33.1 Å². The Morgan fingerprint density at radius 3 is 2.70 bits per heavy atom. The number of hydrogen-bond donors (Lipinski definition) is 1. The van der Waals surface area contributed by atoms with Crippen LogP contribution in [0.25, 0.3) is 10.9 Å². The number of aromatic nitrogens is 1. The van der Waals surface area contributed by atoms with Crippen LogP contribution in [0.3, 0.4) is 0 Å². The van der Waals surface area contributed by atoms with E-state index < -0.39 is 0 Å². The number of hydrogen-bond acceptors (Lipinski definition) is 3. The number of anilines is 2. The van der Waals surface area contributed by atoms with Crippen molar-refractivity contribution < 1.29 is 0 Å². The lowest BCUT2D eigenvalue weighted by atomic mass is 9.78. The number of benzene rings is 1. The average Bonchev–Trinajstić information content (AvgIpc) is 2.49. The third kappa shape index (κ3) is 2.21. The molecule has 1 fully saturated rings. The molecule has 3 heteroatoms. The van der Waals surface area contributed by atoms with Gasteiger partial charge in [0.1, 0.15) is 0 Å². The molecule has 0 unspecified atom stereocenters. The minimum absolute atomic E-state index is 0.507. The first kappa shape index (κ1) is 13.2. The van der Waals surface area contributed by atoms with Crippen molar-refractivity contribution in [3.8, 4) is 0 Å². The molecule has 2 N–H and O–H groups in total. The number of piperidine rings is 1. The first-order valence-electron chi connectivity index (χ1n) is 7.51. The predicted molar refractivity (Wildman–Crippen MR) is 86.0 cm³/mol. The molecule has 1 aromatic heterocycles. The largest absolute Gasteiger partial charge is 0.398 e. The van der Waals surface area contributed by atoms with Crippen molar-refractivity contribution >= 4 is 22.3 Å². The van der Waals surface area contributed by atoms with Gasteiger partial charge < -0.3 is 10.6 Å². The molecule has 1 aliphatic rings. The molecule has 0 radical (unpaired) electrons. The minimum Gasteiger partial charge on any atom is -0.398 e. The van der Waals surface area contributed by atoms with Gasteiger partial charge >= 0.3 is 0 Å². The minimum atomic E-state index is 0.507. The molecule has 2 aromatic rings. The second kappa shape index (κ2) is 4.97. The highest BCUT2D eigenvalue weighted by Gasteiger charge is 2.29. The lowest BCUT2D eigenvalue weighted by Gasteiger charge is -2.40. The summed E-state index contributed by atoms with van der Waals surface area (Å²) in [7, 11) is 0. The zero-order valence-electron chi connectivity index (χ0n) is 12.4. The van der Waals surface area contributed by atoms with Crippen LogP contribution in [0.5, 0.6) is 0 Å². The van der Waals surface area contributed by atoms with Gasteiger partial charge in [-0.25, -0.2) is 0 Å². The molecule has 20 heavy (non-hydrogen) atoms. The smallest absolute Gasteiger partial charge is 0.0955 e. The highest BCUT2D eigenvalue weighted by atomic mass is 15.1. The molecule has 2 heterocycles. The van der Waals surface area contributed by atoms with Gasteiger partial charge in [-0.1, -0.05) is 20.3 Å². The van der Waals surface area contributed by atoms with E-state index in [1.807, 2.05) is 18.3 Å². The van der Waals surface area contributed by atoms with E-state index in [2.05, 4.69) is 35.9 Å². The quantitative estimate of drug-likeness (QED) is 0.842. The maximum absolute atomic E-state index is 6.06. The van der Waals surface area contributed by atoms with Crippen LogP contribution in [-0.4, -0.2) is 18.1 Å². The van der Waals surface area contributed by atoms with Crippen LogP contribution < -0.4 is 10.6 Å². The second-order valence-corrected chi connectivity index (χ2v) is 6.22. The summed E-state index contributed by atoms with van der Waals surface area (Å²) >= 11 is 0. The molecule has 0 amide bonds. The zero-order chi connectivity index (χ0) is 14.2. The van der Waals surface area contributed by atoms with E-state index in [1.54, 1.807) is 0 Å². The monoisotopic (exact) mass is 269 g/mol. The number of fused-ring (bicyclic) bond motifs is 1. The number of nitrogens with zero attached hydrogens (tertiary/aromatic N) is 2. The van der Waals surface area contributed by atoms with Crippen LogP contribution in [0.2, 0.25) is 0 Å².